The molecule has 0 aromatic heterocycles. The number of halogens is 1. The zero-order chi connectivity index (χ0) is 25.9. The number of aliphatic hydroxyl groups excluding tert-OH is 1. The number of ketones is 1. The van der Waals surface area contributed by atoms with Crippen LogP contribution in [-0.2, 0) is 16.2 Å². The van der Waals surface area contributed by atoms with Crippen LogP contribution in [0.2, 0.25) is 0 Å². The lowest BCUT2D eigenvalue weighted by molar-refractivity contribution is -0.132. The summed E-state index contributed by atoms with van der Waals surface area (Å²) >= 11 is 3.41. The summed E-state index contributed by atoms with van der Waals surface area (Å²) in [5, 5.41) is 11.4. The number of hydrogen-bond acceptors (Lipinski definition) is 4. The Kier molecular flexibility index (Phi) is 6.93. The normalized spacial score (nSPS) is 16.7. The van der Waals surface area contributed by atoms with Crippen LogP contribution in [-0.4, -0.2) is 16.8 Å². The Labute approximate surface area is 223 Å². The maximum atomic E-state index is 13.3. The van der Waals surface area contributed by atoms with E-state index in [1.807, 2.05) is 79.7 Å². The Morgan fingerprint density at radius 3 is 2.19 bits per heavy atom. The molecule has 4 aromatic rings. The van der Waals surface area contributed by atoms with Gasteiger partial charge < -0.3 is 9.84 Å². The topological polar surface area (TPSA) is 66.8 Å². The van der Waals surface area contributed by atoms with E-state index in [4.69, 9.17) is 4.74 Å². The highest BCUT2D eigenvalue weighted by atomic mass is 79.9. The number of anilines is 1. The number of nitrogens with zero attached hydrogens (tertiary/aromatic N) is 1. The van der Waals surface area contributed by atoms with E-state index in [0.29, 0.717) is 23.6 Å². The number of ether oxygens (including phenoxy) is 1. The van der Waals surface area contributed by atoms with Crippen molar-refractivity contribution in [1.29, 1.82) is 0 Å². The van der Waals surface area contributed by atoms with Crippen molar-refractivity contribution in [3.63, 3.8) is 0 Å². The molecule has 5 nitrogen and oxygen atoms in total. The Hall–Kier alpha value is -4.16. The Morgan fingerprint density at radius 2 is 1.54 bits per heavy atom. The predicted octanol–water partition coefficient (Wildman–Crippen LogP) is 6.96. The zero-order valence-electron chi connectivity index (χ0n) is 20.1. The van der Waals surface area contributed by atoms with E-state index in [2.05, 4.69) is 15.9 Å². The highest BCUT2D eigenvalue weighted by molar-refractivity contribution is 9.10. The Bertz CT molecular complexity index is 1480. The molecule has 0 spiro atoms. The van der Waals surface area contributed by atoms with Crippen molar-refractivity contribution >= 4 is 39.1 Å². The molecule has 1 aliphatic rings. The second-order valence-corrected chi connectivity index (χ2v) is 9.73. The largest absolute Gasteiger partial charge is 0.507 e. The minimum atomic E-state index is -0.767. The molecule has 5 rings (SSSR count). The van der Waals surface area contributed by atoms with Crippen LogP contribution in [0.25, 0.3) is 5.76 Å². The summed E-state index contributed by atoms with van der Waals surface area (Å²) < 4.78 is 6.82. The molecular formula is C31H24BrNO4. The zero-order valence-corrected chi connectivity index (χ0v) is 21.7. The molecule has 1 atom stereocenters. The van der Waals surface area contributed by atoms with Gasteiger partial charge in [0.25, 0.3) is 11.7 Å². The van der Waals surface area contributed by atoms with Gasteiger partial charge in [-0.2, -0.15) is 0 Å². The number of benzene rings is 4. The Balaban J connectivity index is 1.54. The molecule has 1 aliphatic heterocycles. The van der Waals surface area contributed by atoms with Gasteiger partial charge in [0.15, 0.2) is 0 Å². The summed E-state index contributed by atoms with van der Waals surface area (Å²) in [5.74, 6) is -0.951. The quantitative estimate of drug-likeness (QED) is 0.159. The van der Waals surface area contributed by atoms with Crippen molar-refractivity contribution in [2.45, 2.75) is 19.6 Å². The van der Waals surface area contributed by atoms with Crippen molar-refractivity contribution in [2.75, 3.05) is 4.90 Å². The average molecular weight is 554 g/mol. The van der Waals surface area contributed by atoms with Gasteiger partial charge >= 0.3 is 0 Å². The van der Waals surface area contributed by atoms with Crippen LogP contribution in [0.15, 0.2) is 113 Å². The van der Waals surface area contributed by atoms with Crippen LogP contribution in [0.1, 0.15) is 28.3 Å². The summed E-state index contributed by atoms with van der Waals surface area (Å²) in [6, 6.07) is 30.8. The van der Waals surface area contributed by atoms with Crippen LogP contribution < -0.4 is 9.64 Å². The first-order valence-electron chi connectivity index (χ1n) is 11.8. The third-order valence-electron chi connectivity index (χ3n) is 6.35. The average Bonchev–Trinajstić information content (AvgIpc) is 3.19. The molecule has 0 radical (unpaired) electrons. The minimum Gasteiger partial charge on any atom is -0.507 e. The van der Waals surface area contributed by atoms with Gasteiger partial charge in [0, 0.05) is 15.7 Å². The lowest BCUT2D eigenvalue weighted by atomic mass is 9.94. The first kappa shape index (κ1) is 24.5. The fraction of sp³-hybridized carbons (Fsp3) is 0.0968. The van der Waals surface area contributed by atoms with E-state index < -0.39 is 17.7 Å². The van der Waals surface area contributed by atoms with E-state index in [-0.39, 0.29) is 11.3 Å². The van der Waals surface area contributed by atoms with Crippen LogP contribution in [0.4, 0.5) is 5.69 Å². The third kappa shape index (κ3) is 4.93. The molecule has 0 aliphatic carbocycles. The molecule has 37 heavy (non-hydrogen) atoms. The van der Waals surface area contributed by atoms with Gasteiger partial charge in [0.05, 0.1) is 11.6 Å². The van der Waals surface area contributed by atoms with Gasteiger partial charge in [-0.05, 0) is 66.1 Å². The molecule has 0 bridgehead atoms. The van der Waals surface area contributed by atoms with Crippen molar-refractivity contribution in [2.24, 2.45) is 0 Å². The molecule has 1 unspecified atom stereocenters. The van der Waals surface area contributed by atoms with E-state index in [9.17, 15) is 14.7 Å². The van der Waals surface area contributed by atoms with Gasteiger partial charge in [-0.1, -0.05) is 76.6 Å². The minimum absolute atomic E-state index is 0.0523. The molecule has 184 valence electrons. The second-order valence-electron chi connectivity index (χ2n) is 8.81. The summed E-state index contributed by atoms with van der Waals surface area (Å²) in [6.45, 7) is 2.30. The summed E-state index contributed by atoms with van der Waals surface area (Å²) in [5.41, 5.74) is 3.64. The molecule has 1 saturated heterocycles. The molecule has 4 aromatic carbocycles. The SMILES string of the molecule is Cc1cc(/C(O)=C2/C(=O)C(=O)N(c3ccc(Br)cc3)C2c2ccccc2)ccc1OCc1ccccc1. The maximum Gasteiger partial charge on any atom is 0.300 e. The van der Waals surface area contributed by atoms with Gasteiger partial charge in [-0.15, -0.1) is 0 Å². The molecule has 6 heteroatoms. The molecule has 1 heterocycles. The molecule has 1 amide bonds. The number of aliphatic hydroxyl groups is 1. The summed E-state index contributed by atoms with van der Waals surface area (Å²) in [7, 11) is 0. The van der Waals surface area contributed by atoms with Crippen molar-refractivity contribution in [1.82, 2.24) is 0 Å². The highest BCUT2D eigenvalue weighted by Gasteiger charge is 2.46. The number of carbonyl (C=O) groups is 2. The number of hydrogen-bond donors (Lipinski definition) is 1. The first-order valence-corrected chi connectivity index (χ1v) is 12.6. The molecule has 1 N–H and O–H groups in total. The highest BCUT2D eigenvalue weighted by Crippen LogP contribution is 2.42. The van der Waals surface area contributed by atoms with E-state index in [1.165, 1.54) is 4.90 Å². The molecule has 0 saturated carbocycles. The molecule has 1 fully saturated rings. The van der Waals surface area contributed by atoms with Crippen LogP contribution in [0, 0.1) is 6.92 Å². The maximum absolute atomic E-state index is 13.3. The fourth-order valence-electron chi connectivity index (χ4n) is 4.50. The van der Waals surface area contributed by atoms with Gasteiger partial charge in [-0.25, -0.2) is 0 Å². The van der Waals surface area contributed by atoms with Crippen molar-refractivity contribution in [3.05, 3.63) is 135 Å². The lowest BCUT2D eigenvalue weighted by Crippen LogP contribution is -2.29. The smallest absolute Gasteiger partial charge is 0.300 e. The number of rotatable bonds is 6. The third-order valence-corrected chi connectivity index (χ3v) is 6.88. The van der Waals surface area contributed by atoms with Gasteiger partial charge in [0.1, 0.15) is 18.1 Å². The van der Waals surface area contributed by atoms with Crippen LogP contribution in [0.3, 0.4) is 0 Å². The fourth-order valence-corrected chi connectivity index (χ4v) is 4.77. The first-order chi connectivity index (χ1) is 17.9. The Morgan fingerprint density at radius 1 is 0.892 bits per heavy atom. The summed E-state index contributed by atoms with van der Waals surface area (Å²) in [6.07, 6.45) is 0. The number of aryl methyl sites for hydroxylation is 1. The van der Waals surface area contributed by atoms with Gasteiger partial charge in [0.2, 0.25) is 0 Å². The molecular weight excluding hydrogens is 530 g/mol. The van der Waals surface area contributed by atoms with Crippen LogP contribution >= 0.6 is 15.9 Å². The van der Waals surface area contributed by atoms with Crippen molar-refractivity contribution < 1.29 is 19.4 Å². The predicted molar refractivity (Wildman–Crippen MR) is 147 cm³/mol. The standard InChI is InChI=1S/C31H24BrNO4/c1-20-18-23(12-17-26(20)37-19-21-8-4-2-5-9-21)29(34)27-28(22-10-6-3-7-11-22)33(31(36)30(27)35)25-15-13-24(32)14-16-25/h2-18,28,34H,19H2,1H3/b29-27-. The monoisotopic (exact) mass is 553 g/mol. The van der Waals surface area contributed by atoms with E-state index >= 15 is 0 Å². The van der Waals surface area contributed by atoms with E-state index in [1.54, 1.807) is 30.3 Å². The second kappa shape index (κ2) is 10.4. The van der Waals surface area contributed by atoms with Crippen molar-refractivity contribution in [3.8, 4) is 5.75 Å². The van der Waals surface area contributed by atoms with E-state index in [0.717, 1.165) is 21.2 Å². The van der Waals surface area contributed by atoms with Crippen LogP contribution in [0.5, 0.6) is 5.75 Å². The number of carbonyl (C=O) groups excluding carboxylic acids is 2. The lowest BCUT2D eigenvalue weighted by Gasteiger charge is -2.25. The number of Topliss-reactive ketones (excluding diaryl/α,β-unsaturated/α-hetero) is 1. The number of amides is 1. The summed E-state index contributed by atoms with van der Waals surface area (Å²) in [4.78, 5) is 28.0. The van der Waals surface area contributed by atoms with Gasteiger partial charge in [-0.3, -0.25) is 14.5 Å².